The highest BCUT2D eigenvalue weighted by Gasteiger charge is 2.39. The van der Waals surface area contributed by atoms with Crippen LogP contribution in [0.15, 0.2) is 67.0 Å². The SMILES string of the molecule is CC(C)c1ccc(C2CC3C(=O)N(CCC(=O)NC(C)c4ccccc4)C=CN3N2)cc1. The lowest BCUT2D eigenvalue weighted by Gasteiger charge is -2.31. The molecule has 6 nitrogen and oxygen atoms in total. The van der Waals surface area contributed by atoms with Crippen LogP contribution in [0.5, 0.6) is 0 Å². The molecule has 2 aromatic carbocycles. The van der Waals surface area contributed by atoms with E-state index in [0.29, 0.717) is 18.9 Å². The predicted octanol–water partition coefficient (Wildman–Crippen LogP) is 4.01. The van der Waals surface area contributed by atoms with E-state index in [9.17, 15) is 9.59 Å². The summed E-state index contributed by atoms with van der Waals surface area (Å²) in [6, 6.07) is 18.3. The van der Waals surface area contributed by atoms with Crippen LogP contribution in [0.4, 0.5) is 0 Å². The Kier molecular flexibility index (Phi) is 6.61. The van der Waals surface area contributed by atoms with Gasteiger partial charge in [0.25, 0.3) is 5.91 Å². The van der Waals surface area contributed by atoms with Crippen molar-refractivity contribution in [2.24, 2.45) is 0 Å². The zero-order chi connectivity index (χ0) is 22.7. The monoisotopic (exact) mass is 432 g/mol. The molecule has 2 aromatic rings. The lowest BCUT2D eigenvalue weighted by molar-refractivity contribution is -0.134. The average molecular weight is 433 g/mol. The van der Waals surface area contributed by atoms with E-state index in [1.807, 2.05) is 48.5 Å². The molecular weight excluding hydrogens is 400 g/mol. The molecule has 0 bridgehead atoms. The zero-order valence-corrected chi connectivity index (χ0v) is 19.0. The van der Waals surface area contributed by atoms with E-state index in [1.165, 1.54) is 11.1 Å². The third-order valence-corrected chi connectivity index (χ3v) is 6.34. The summed E-state index contributed by atoms with van der Waals surface area (Å²) in [6.07, 6.45) is 4.65. The van der Waals surface area contributed by atoms with Crippen LogP contribution in [-0.4, -0.2) is 34.3 Å². The molecule has 6 heteroatoms. The van der Waals surface area contributed by atoms with Crippen LogP contribution >= 0.6 is 0 Å². The Morgan fingerprint density at radius 1 is 1.03 bits per heavy atom. The highest BCUT2D eigenvalue weighted by molar-refractivity contribution is 5.85. The standard InChI is InChI=1S/C26H32N4O2/c1-18(2)20-9-11-22(12-10-20)23-17-24-26(32)29(15-16-30(24)28-23)14-13-25(31)27-19(3)21-7-5-4-6-8-21/h4-12,15-16,18-19,23-24,28H,13-14,17H2,1-3H3,(H,27,31). The number of nitrogens with one attached hydrogen (secondary N) is 2. The van der Waals surface area contributed by atoms with Crippen molar-refractivity contribution in [2.45, 2.75) is 57.7 Å². The highest BCUT2D eigenvalue weighted by atomic mass is 16.2. The van der Waals surface area contributed by atoms with Crippen molar-refractivity contribution in [1.29, 1.82) is 0 Å². The van der Waals surface area contributed by atoms with Crippen molar-refractivity contribution in [3.8, 4) is 0 Å². The molecule has 168 valence electrons. The first-order valence-electron chi connectivity index (χ1n) is 11.4. The number of hydrogen-bond acceptors (Lipinski definition) is 4. The van der Waals surface area contributed by atoms with Crippen LogP contribution in [0.1, 0.15) is 68.3 Å². The number of benzene rings is 2. The number of hydrazine groups is 1. The molecule has 1 fully saturated rings. The highest BCUT2D eigenvalue weighted by Crippen LogP contribution is 2.31. The van der Waals surface area contributed by atoms with E-state index < -0.39 is 0 Å². The molecule has 3 atom stereocenters. The van der Waals surface area contributed by atoms with E-state index in [4.69, 9.17) is 0 Å². The van der Waals surface area contributed by atoms with Gasteiger partial charge in [-0.2, -0.15) is 0 Å². The quantitative estimate of drug-likeness (QED) is 0.694. The number of carbonyl (C=O) groups excluding carboxylic acids is 2. The summed E-state index contributed by atoms with van der Waals surface area (Å²) in [5, 5.41) is 4.91. The minimum absolute atomic E-state index is 0.0326. The van der Waals surface area contributed by atoms with Gasteiger partial charge < -0.3 is 15.2 Å². The Hall–Kier alpha value is -3.12. The number of fused-ring (bicyclic) bond motifs is 1. The lowest BCUT2D eigenvalue weighted by Crippen LogP contribution is -2.48. The molecule has 2 aliphatic rings. The van der Waals surface area contributed by atoms with Gasteiger partial charge in [0.05, 0.1) is 12.1 Å². The number of amides is 2. The molecule has 2 aliphatic heterocycles. The Bertz CT molecular complexity index is 971. The minimum atomic E-state index is -0.249. The third-order valence-electron chi connectivity index (χ3n) is 6.34. The van der Waals surface area contributed by atoms with Crippen molar-refractivity contribution in [2.75, 3.05) is 6.54 Å². The summed E-state index contributed by atoms with van der Waals surface area (Å²) in [5.74, 6) is 0.473. The van der Waals surface area contributed by atoms with Crippen LogP contribution < -0.4 is 10.7 Å². The Morgan fingerprint density at radius 2 is 1.75 bits per heavy atom. The largest absolute Gasteiger partial charge is 0.350 e. The van der Waals surface area contributed by atoms with Crippen LogP contribution in [0, 0.1) is 0 Å². The second-order valence-corrected chi connectivity index (χ2v) is 8.94. The maximum Gasteiger partial charge on any atom is 0.250 e. The third kappa shape index (κ3) is 4.86. The number of nitrogens with zero attached hydrogens (tertiary/aromatic N) is 2. The molecule has 0 saturated carbocycles. The van der Waals surface area contributed by atoms with E-state index in [-0.39, 0.29) is 36.4 Å². The van der Waals surface area contributed by atoms with Crippen molar-refractivity contribution < 1.29 is 9.59 Å². The smallest absolute Gasteiger partial charge is 0.250 e. The second kappa shape index (κ2) is 9.57. The summed E-state index contributed by atoms with van der Waals surface area (Å²) < 4.78 is 0. The maximum absolute atomic E-state index is 13.0. The van der Waals surface area contributed by atoms with Gasteiger partial charge in [0, 0.05) is 25.4 Å². The van der Waals surface area contributed by atoms with Crippen LogP contribution in [0.2, 0.25) is 0 Å². The normalized spacial score (nSPS) is 21.1. The topological polar surface area (TPSA) is 64.7 Å². The minimum Gasteiger partial charge on any atom is -0.350 e. The van der Waals surface area contributed by atoms with Gasteiger partial charge >= 0.3 is 0 Å². The summed E-state index contributed by atoms with van der Waals surface area (Å²) in [4.78, 5) is 27.1. The molecular formula is C26H32N4O2. The van der Waals surface area contributed by atoms with Crippen molar-refractivity contribution in [3.05, 3.63) is 83.7 Å². The molecule has 0 aromatic heterocycles. The number of hydrogen-bond donors (Lipinski definition) is 2. The number of rotatable bonds is 7. The molecule has 32 heavy (non-hydrogen) atoms. The summed E-state index contributed by atoms with van der Waals surface area (Å²) >= 11 is 0. The van der Waals surface area contributed by atoms with Crippen LogP contribution in [-0.2, 0) is 9.59 Å². The number of carbonyl (C=O) groups is 2. The molecule has 0 aliphatic carbocycles. The van der Waals surface area contributed by atoms with Gasteiger partial charge in [-0.3, -0.25) is 9.59 Å². The van der Waals surface area contributed by atoms with Gasteiger partial charge in [0.15, 0.2) is 0 Å². The fraction of sp³-hybridized carbons (Fsp3) is 0.385. The Balaban J connectivity index is 1.30. The van der Waals surface area contributed by atoms with Gasteiger partial charge in [-0.05, 0) is 36.0 Å². The molecule has 2 heterocycles. The van der Waals surface area contributed by atoms with Gasteiger partial charge in [0.1, 0.15) is 6.04 Å². The maximum atomic E-state index is 13.0. The molecule has 0 radical (unpaired) electrons. The fourth-order valence-corrected chi connectivity index (χ4v) is 4.31. The zero-order valence-electron chi connectivity index (χ0n) is 19.0. The summed E-state index contributed by atoms with van der Waals surface area (Å²) in [7, 11) is 0. The van der Waals surface area contributed by atoms with Crippen molar-refractivity contribution >= 4 is 11.8 Å². The molecule has 2 amide bonds. The predicted molar refractivity (Wildman–Crippen MR) is 125 cm³/mol. The van der Waals surface area contributed by atoms with Crippen LogP contribution in [0.25, 0.3) is 0 Å². The first-order valence-corrected chi connectivity index (χ1v) is 11.4. The first-order chi connectivity index (χ1) is 15.4. The first kappa shape index (κ1) is 22.1. The molecule has 3 unspecified atom stereocenters. The Labute approximate surface area is 190 Å². The summed E-state index contributed by atoms with van der Waals surface area (Å²) in [5.41, 5.74) is 7.00. The average Bonchev–Trinajstić information content (AvgIpc) is 3.24. The second-order valence-electron chi connectivity index (χ2n) is 8.94. The Morgan fingerprint density at radius 3 is 2.44 bits per heavy atom. The van der Waals surface area contributed by atoms with E-state index >= 15 is 0 Å². The van der Waals surface area contributed by atoms with Gasteiger partial charge in [-0.1, -0.05) is 68.4 Å². The van der Waals surface area contributed by atoms with Gasteiger partial charge in [-0.25, -0.2) is 5.43 Å². The van der Waals surface area contributed by atoms with Crippen LogP contribution in [0.3, 0.4) is 0 Å². The van der Waals surface area contributed by atoms with Crippen molar-refractivity contribution in [1.82, 2.24) is 20.7 Å². The molecule has 1 saturated heterocycles. The van der Waals surface area contributed by atoms with Gasteiger partial charge in [-0.15, -0.1) is 0 Å². The van der Waals surface area contributed by atoms with Gasteiger partial charge in [0.2, 0.25) is 5.91 Å². The fourth-order valence-electron chi connectivity index (χ4n) is 4.31. The molecule has 4 rings (SSSR count). The molecule has 0 spiro atoms. The lowest BCUT2D eigenvalue weighted by atomic mass is 9.97. The molecule has 2 N–H and O–H groups in total. The summed E-state index contributed by atoms with van der Waals surface area (Å²) in [6.45, 7) is 6.71. The van der Waals surface area contributed by atoms with E-state index in [1.54, 1.807) is 11.1 Å². The van der Waals surface area contributed by atoms with E-state index in [0.717, 1.165) is 5.56 Å². The van der Waals surface area contributed by atoms with E-state index in [2.05, 4.69) is 48.9 Å². The van der Waals surface area contributed by atoms with Crippen molar-refractivity contribution in [3.63, 3.8) is 0 Å².